The molecule has 0 aliphatic carbocycles. The number of carbonyl (C=O) groups excluding carboxylic acids is 6. The van der Waals surface area contributed by atoms with Gasteiger partial charge in [-0.2, -0.15) is 0 Å². The Kier molecular flexibility index (Phi) is 19.7. The Morgan fingerprint density at radius 2 is 1.50 bits per heavy atom. The molecule has 1 rings (SSSR count). The highest BCUT2D eigenvalue weighted by atomic mass is 16.6. The summed E-state index contributed by atoms with van der Waals surface area (Å²) in [6.07, 6.45) is 4.55. The van der Waals surface area contributed by atoms with Gasteiger partial charge >= 0.3 is 12.1 Å². The van der Waals surface area contributed by atoms with Crippen LogP contribution in [0.4, 0.5) is 15.3 Å². The summed E-state index contributed by atoms with van der Waals surface area (Å²) in [6.45, 7) is 9.63. The van der Waals surface area contributed by atoms with E-state index in [4.69, 9.17) is 16.2 Å². The molecule has 0 spiro atoms. The summed E-state index contributed by atoms with van der Waals surface area (Å²) in [5.41, 5.74) is 11.8. The molecule has 1 unspecified atom stereocenters. The van der Waals surface area contributed by atoms with E-state index in [9.17, 15) is 28.8 Å². The number of carbonyl (C=O) groups is 6. The molecule has 0 aliphatic rings. The van der Waals surface area contributed by atoms with Crippen LogP contribution >= 0.6 is 0 Å². The van der Waals surface area contributed by atoms with E-state index in [0.29, 0.717) is 69.2 Å². The number of urea groups is 1. The largest absolute Gasteiger partial charge is 0.445 e. The topological polar surface area (TPSA) is 203 Å². The number of ketones is 2. The average Bonchev–Trinajstić information content (AvgIpc) is 3.02. The van der Waals surface area contributed by atoms with Gasteiger partial charge in [-0.1, -0.05) is 46.2 Å². The van der Waals surface area contributed by atoms with Crippen molar-refractivity contribution in [1.29, 1.82) is 0 Å². The summed E-state index contributed by atoms with van der Waals surface area (Å²) in [6, 6.07) is 5.64. The molecule has 48 heavy (non-hydrogen) atoms. The Morgan fingerprint density at radius 3 is 2.06 bits per heavy atom. The third kappa shape index (κ3) is 16.7. The van der Waals surface area contributed by atoms with E-state index in [-0.39, 0.29) is 60.3 Å². The molecule has 13 nitrogen and oxygen atoms in total. The number of hydrogen-bond acceptors (Lipinski definition) is 8. The van der Waals surface area contributed by atoms with Crippen molar-refractivity contribution < 1.29 is 33.5 Å². The molecule has 0 saturated carbocycles. The number of nitrogens with one attached hydrogen (secondary N) is 3. The number of amides is 5. The summed E-state index contributed by atoms with van der Waals surface area (Å²) in [7, 11) is 1.54. The third-order valence-corrected chi connectivity index (χ3v) is 8.30. The number of unbranched alkanes of at least 4 members (excludes halogenated alkanes) is 2. The Bertz CT molecular complexity index is 1190. The van der Waals surface area contributed by atoms with Crippen molar-refractivity contribution in [2.24, 2.45) is 29.2 Å². The van der Waals surface area contributed by atoms with Gasteiger partial charge < -0.3 is 37.1 Å². The first-order chi connectivity index (χ1) is 22.7. The van der Waals surface area contributed by atoms with Crippen LogP contribution in [0.15, 0.2) is 24.3 Å². The molecule has 0 bridgehead atoms. The van der Waals surface area contributed by atoms with Crippen LogP contribution in [0.1, 0.15) is 98.0 Å². The quantitative estimate of drug-likeness (QED) is 0.106. The first kappa shape index (κ1) is 42.0. The van der Waals surface area contributed by atoms with Gasteiger partial charge in [-0.15, -0.1) is 0 Å². The van der Waals surface area contributed by atoms with Crippen LogP contribution in [-0.4, -0.2) is 72.6 Å². The number of Topliss-reactive ketones (excluding diaryl/α,β-unsaturated/α-hetero) is 2. The smallest absolute Gasteiger partial charge is 0.410 e. The molecule has 1 aromatic rings. The Labute approximate surface area is 285 Å². The average molecular weight is 675 g/mol. The van der Waals surface area contributed by atoms with Gasteiger partial charge in [-0.3, -0.25) is 19.2 Å². The fourth-order valence-corrected chi connectivity index (χ4v) is 5.56. The first-order valence-corrected chi connectivity index (χ1v) is 17.0. The highest BCUT2D eigenvalue weighted by Crippen LogP contribution is 2.21. The van der Waals surface area contributed by atoms with Gasteiger partial charge in [0.25, 0.3) is 0 Å². The predicted molar refractivity (Wildman–Crippen MR) is 186 cm³/mol. The van der Waals surface area contributed by atoms with E-state index in [2.05, 4.69) is 16.0 Å². The van der Waals surface area contributed by atoms with E-state index < -0.39 is 18.2 Å². The SMILES string of the molecule is CC(=O)C(C(C)C)N(C)C(=O)OCc1ccc(NC(=O)[C@H](CCCNC(N)=O)CC[C@@H](NC(=O)CCCCCC(=O)CN)C(C)C)cc1. The van der Waals surface area contributed by atoms with Crippen molar-refractivity contribution >= 4 is 41.2 Å². The van der Waals surface area contributed by atoms with Crippen molar-refractivity contribution in [3.8, 4) is 0 Å². The molecule has 13 heteroatoms. The number of nitrogens with zero attached hydrogens (tertiary/aromatic N) is 1. The number of rotatable bonds is 23. The third-order valence-electron chi connectivity index (χ3n) is 8.30. The van der Waals surface area contributed by atoms with E-state index >= 15 is 0 Å². The monoisotopic (exact) mass is 674 g/mol. The van der Waals surface area contributed by atoms with Crippen molar-refractivity contribution in [3.05, 3.63) is 29.8 Å². The van der Waals surface area contributed by atoms with E-state index in [1.165, 1.54) is 11.8 Å². The number of likely N-dealkylation sites (N-methyl/N-ethyl adjacent to an activating group) is 1. The lowest BCUT2D eigenvalue weighted by molar-refractivity contribution is -0.123. The van der Waals surface area contributed by atoms with Crippen LogP contribution in [0.5, 0.6) is 0 Å². The molecule has 0 aromatic heterocycles. The molecule has 0 fully saturated rings. The molecule has 0 aliphatic heterocycles. The Balaban J connectivity index is 2.78. The van der Waals surface area contributed by atoms with Gasteiger partial charge in [0.1, 0.15) is 12.4 Å². The van der Waals surface area contributed by atoms with Crippen molar-refractivity contribution in [2.75, 3.05) is 25.5 Å². The minimum Gasteiger partial charge on any atom is -0.445 e. The fourth-order valence-electron chi connectivity index (χ4n) is 5.56. The van der Waals surface area contributed by atoms with Crippen LogP contribution in [0, 0.1) is 17.8 Å². The summed E-state index contributed by atoms with van der Waals surface area (Å²) >= 11 is 0. The van der Waals surface area contributed by atoms with Crippen LogP contribution in [0.3, 0.4) is 0 Å². The molecule has 0 radical (unpaired) electrons. The van der Waals surface area contributed by atoms with Gasteiger partial charge in [-0.25, -0.2) is 9.59 Å². The lowest BCUT2D eigenvalue weighted by atomic mass is 9.90. The van der Waals surface area contributed by atoms with Crippen molar-refractivity contribution in [3.63, 3.8) is 0 Å². The van der Waals surface area contributed by atoms with Crippen LogP contribution < -0.4 is 27.4 Å². The maximum atomic E-state index is 13.4. The lowest BCUT2D eigenvalue weighted by Crippen LogP contribution is -2.45. The number of ether oxygens (including phenoxy) is 1. The molecular formula is C35H58N6O7. The number of primary amides is 1. The normalized spacial score (nSPS) is 12.9. The lowest BCUT2D eigenvalue weighted by Gasteiger charge is -2.28. The second kappa shape index (κ2) is 22.5. The summed E-state index contributed by atoms with van der Waals surface area (Å²) in [4.78, 5) is 74.4. The highest BCUT2D eigenvalue weighted by Gasteiger charge is 2.28. The summed E-state index contributed by atoms with van der Waals surface area (Å²) in [5, 5.41) is 8.64. The summed E-state index contributed by atoms with van der Waals surface area (Å²) < 4.78 is 5.41. The van der Waals surface area contributed by atoms with E-state index in [1.807, 2.05) is 27.7 Å². The van der Waals surface area contributed by atoms with Gasteiger partial charge in [0, 0.05) is 44.1 Å². The van der Waals surface area contributed by atoms with Gasteiger partial charge in [0.05, 0.1) is 12.6 Å². The van der Waals surface area contributed by atoms with E-state index in [0.717, 1.165) is 6.42 Å². The number of hydrogen-bond donors (Lipinski definition) is 5. The zero-order valence-corrected chi connectivity index (χ0v) is 29.6. The van der Waals surface area contributed by atoms with Crippen molar-refractivity contribution in [1.82, 2.24) is 15.5 Å². The second-order valence-electron chi connectivity index (χ2n) is 13.1. The number of benzene rings is 1. The molecule has 3 atom stereocenters. The van der Waals surface area contributed by atoms with Gasteiger partial charge in [0.2, 0.25) is 11.8 Å². The van der Waals surface area contributed by atoms with Crippen molar-refractivity contribution in [2.45, 2.75) is 111 Å². The maximum absolute atomic E-state index is 13.4. The minimum atomic E-state index is -0.624. The Hall–Kier alpha value is -4.00. The molecule has 7 N–H and O–H groups in total. The maximum Gasteiger partial charge on any atom is 0.410 e. The van der Waals surface area contributed by atoms with Gasteiger partial charge in [-0.05, 0) is 75.0 Å². The molecule has 270 valence electrons. The van der Waals surface area contributed by atoms with Crippen LogP contribution in [0.25, 0.3) is 0 Å². The van der Waals surface area contributed by atoms with Crippen LogP contribution in [-0.2, 0) is 30.5 Å². The zero-order chi connectivity index (χ0) is 36.2. The fraction of sp³-hybridized carbons (Fsp3) is 0.657. The summed E-state index contributed by atoms with van der Waals surface area (Å²) in [5.74, 6) is -0.615. The zero-order valence-electron chi connectivity index (χ0n) is 29.6. The molecule has 1 aromatic carbocycles. The standard InChI is InChI=1S/C35H58N6O7/c1-23(2)30(40-31(44)13-9-7-8-12-29(43)21-36)19-16-27(11-10-20-38-34(37)46)33(45)39-28-17-14-26(15-18-28)22-48-35(47)41(6)32(24(3)4)25(5)42/h14-15,17-18,23-24,27,30,32H,7-13,16,19-22,36H2,1-6H3,(H,39,45)(H,40,44)(H3,37,38,46)/t27-,30-,32?/m1/s1. The number of nitrogens with two attached hydrogens (primary N) is 2. The minimum absolute atomic E-state index is 0.00583. The first-order valence-electron chi connectivity index (χ1n) is 17.0. The molecule has 0 saturated heterocycles. The van der Waals surface area contributed by atoms with Gasteiger partial charge in [0.15, 0.2) is 5.78 Å². The molecular weight excluding hydrogens is 616 g/mol. The number of anilines is 1. The Morgan fingerprint density at radius 1 is 0.854 bits per heavy atom. The molecule has 0 heterocycles. The van der Waals surface area contributed by atoms with Crippen LogP contribution in [0.2, 0.25) is 0 Å². The second-order valence-corrected chi connectivity index (χ2v) is 13.1. The van der Waals surface area contributed by atoms with E-state index in [1.54, 1.807) is 31.3 Å². The predicted octanol–water partition coefficient (Wildman–Crippen LogP) is 4.27. The molecule has 5 amide bonds. The highest BCUT2D eigenvalue weighted by molar-refractivity contribution is 5.92.